The van der Waals surface area contributed by atoms with Crippen LogP contribution in [0.25, 0.3) is 71.3 Å². The van der Waals surface area contributed by atoms with Crippen LogP contribution in [0.1, 0.15) is 0 Å². The standard InChI is InChI=1S/C50H34N2/c1-3-13-35(14-4-1)39-18-11-21-42(33-39)51(41-28-25-38(26-29-41)45-24-12-17-36-15-7-9-22-44(36)45)43-30-32-48-47(34-43)50-46-23-10-8-16-37(46)27-31-49(50)52(48)40-19-5-2-6-20-40/h1-34H. The van der Waals surface area contributed by atoms with Gasteiger partial charge in [-0.25, -0.2) is 0 Å². The molecular formula is C50H34N2. The van der Waals surface area contributed by atoms with Crippen LogP contribution in [0.4, 0.5) is 17.1 Å². The Bertz CT molecular complexity index is 2880. The first-order valence-corrected chi connectivity index (χ1v) is 17.9. The number of anilines is 3. The highest BCUT2D eigenvalue weighted by Gasteiger charge is 2.19. The van der Waals surface area contributed by atoms with Crippen LogP contribution in [0.15, 0.2) is 206 Å². The molecule has 0 aliphatic heterocycles. The zero-order valence-corrected chi connectivity index (χ0v) is 28.5. The van der Waals surface area contributed by atoms with Crippen molar-refractivity contribution in [2.24, 2.45) is 0 Å². The maximum absolute atomic E-state index is 2.40. The fourth-order valence-electron chi connectivity index (χ4n) is 7.94. The Balaban J connectivity index is 1.20. The van der Waals surface area contributed by atoms with Crippen LogP contribution >= 0.6 is 0 Å². The van der Waals surface area contributed by atoms with E-state index in [9.17, 15) is 0 Å². The Morgan fingerprint density at radius 2 is 0.923 bits per heavy atom. The van der Waals surface area contributed by atoms with Gasteiger partial charge in [-0.2, -0.15) is 0 Å². The second-order valence-corrected chi connectivity index (χ2v) is 13.4. The maximum atomic E-state index is 2.40. The lowest BCUT2D eigenvalue weighted by molar-refractivity contribution is 1.18. The molecule has 0 saturated carbocycles. The van der Waals surface area contributed by atoms with Gasteiger partial charge in [0.25, 0.3) is 0 Å². The zero-order chi connectivity index (χ0) is 34.4. The smallest absolute Gasteiger partial charge is 0.0547 e. The van der Waals surface area contributed by atoms with Crippen molar-refractivity contribution in [3.63, 3.8) is 0 Å². The number of fused-ring (bicyclic) bond motifs is 6. The summed E-state index contributed by atoms with van der Waals surface area (Å²) in [6.07, 6.45) is 0. The van der Waals surface area contributed by atoms with Gasteiger partial charge in [-0.05, 0) is 104 Å². The zero-order valence-electron chi connectivity index (χ0n) is 28.5. The van der Waals surface area contributed by atoms with Crippen molar-refractivity contribution in [1.82, 2.24) is 4.57 Å². The fourth-order valence-corrected chi connectivity index (χ4v) is 7.94. The van der Waals surface area contributed by atoms with E-state index in [0.29, 0.717) is 0 Å². The molecule has 0 atom stereocenters. The van der Waals surface area contributed by atoms with Gasteiger partial charge in [0.2, 0.25) is 0 Å². The summed E-state index contributed by atoms with van der Waals surface area (Å²) < 4.78 is 2.40. The highest BCUT2D eigenvalue weighted by Crippen LogP contribution is 2.43. The summed E-state index contributed by atoms with van der Waals surface area (Å²) in [5, 5.41) is 7.50. The van der Waals surface area contributed by atoms with Gasteiger partial charge in [-0.15, -0.1) is 0 Å². The van der Waals surface area contributed by atoms with Gasteiger partial charge in [0, 0.05) is 33.5 Å². The van der Waals surface area contributed by atoms with Gasteiger partial charge in [0.1, 0.15) is 0 Å². The molecule has 0 fully saturated rings. The number of benzene rings is 9. The van der Waals surface area contributed by atoms with Crippen LogP contribution in [0.5, 0.6) is 0 Å². The Morgan fingerprint density at radius 1 is 0.327 bits per heavy atom. The van der Waals surface area contributed by atoms with Crippen LogP contribution in [-0.4, -0.2) is 4.57 Å². The molecule has 0 N–H and O–H groups in total. The molecular weight excluding hydrogens is 629 g/mol. The maximum Gasteiger partial charge on any atom is 0.0547 e. The molecule has 0 amide bonds. The topological polar surface area (TPSA) is 8.17 Å². The first-order valence-electron chi connectivity index (χ1n) is 17.9. The van der Waals surface area contributed by atoms with Crippen LogP contribution in [0, 0.1) is 0 Å². The van der Waals surface area contributed by atoms with Crippen molar-refractivity contribution in [3.05, 3.63) is 206 Å². The third-order valence-electron chi connectivity index (χ3n) is 10.3. The summed E-state index contributed by atoms with van der Waals surface area (Å²) in [4.78, 5) is 2.40. The average Bonchev–Trinajstić information content (AvgIpc) is 3.56. The highest BCUT2D eigenvalue weighted by atomic mass is 15.1. The SMILES string of the molecule is c1ccc(-c2cccc(N(c3ccc(-c4cccc5ccccc45)cc3)c3ccc4c(c3)c3c5ccccc5ccc3n4-c3ccccc3)c2)cc1. The van der Waals surface area contributed by atoms with Gasteiger partial charge < -0.3 is 9.47 Å². The lowest BCUT2D eigenvalue weighted by Gasteiger charge is -2.26. The monoisotopic (exact) mass is 662 g/mol. The quantitative estimate of drug-likeness (QED) is 0.172. The van der Waals surface area contributed by atoms with Gasteiger partial charge in [-0.3, -0.25) is 0 Å². The van der Waals surface area contributed by atoms with Crippen molar-refractivity contribution in [3.8, 4) is 27.9 Å². The third kappa shape index (κ3) is 5.04. The minimum Gasteiger partial charge on any atom is -0.310 e. The molecule has 2 heteroatoms. The molecule has 1 heterocycles. The van der Waals surface area contributed by atoms with E-state index in [4.69, 9.17) is 0 Å². The Labute approximate surface area is 303 Å². The normalized spacial score (nSPS) is 11.5. The molecule has 2 nitrogen and oxygen atoms in total. The molecule has 0 saturated heterocycles. The van der Waals surface area contributed by atoms with E-state index in [1.165, 1.54) is 65.6 Å². The molecule has 0 unspecified atom stereocenters. The van der Waals surface area contributed by atoms with Crippen LogP contribution < -0.4 is 4.90 Å². The van der Waals surface area contributed by atoms with Crippen LogP contribution in [0.3, 0.4) is 0 Å². The molecule has 9 aromatic carbocycles. The molecule has 52 heavy (non-hydrogen) atoms. The number of hydrogen-bond donors (Lipinski definition) is 0. The van der Waals surface area contributed by atoms with Gasteiger partial charge >= 0.3 is 0 Å². The first kappa shape index (κ1) is 30.0. The molecule has 1 aromatic heterocycles. The Morgan fingerprint density at radius 3 is 1.73 bits per heavy atom. The molecule has 0 spiro atoms. The Kier molecular flexibility index (Phi) is 7.18. The molecule has 0 bridgehead atoms. The number of aromatic nitrogens is 1. The summed E-state index contributed by atoms with van der Waals surface area (Å²) in [6, 6.07) is 74.7. The van der Waals surface area contributed by atoms with E-state index in [1.54, 1.807) is 0 Å². The van der Waals surface area contributed by atoms with E-state index in [2.05, 4.69) is 216 Å². The number of rotatable bonds is 6. The lowest BCUT2D eigenvalue weighted by Crippen LogP contribution is -2.10. The Hall–Kier alpha value is -6.90. The summed E-state index contributed by atoms with van der Waals surface area (Å²) in [6.45, 7) is 0. The van der Waals surface area contributed by atoms with E-state index in [-0.39, 0.29) is 0 Å². The summed E-state index contributed by atoms with van der Waals surface area (Å²) >= 11 is 0. The fraction of sp³-hybridized carbons (Fsp3) is 0. The molecule has 0 aliphatic carbocycles. The van der Waals surface area contributed by atoms with Crippen molar-refractivity contribution in [1.29, 1.82) is 0 Å². The summed E-state index contributed by atoms with van der Waals surface area (Å²) in [5.41, 5.74) is 11.7. The van der Waals surface area contributed by atoms with E-state index < -0.39 is 0 Å². The minimum absolute atomic E-state index is 1.10. The van der Waals surface area contributed by atoms with Crippen molar-refractivity contribution in [2.75, 3.05) is 4.90 Å². The second-order valence-electron chi connectivity index (χ2n) is 13.4. The number of hydrogen-bond acceptors (Lipinski definition) is 1. The van der Waals surface area contributed by atoms with Crippen molar-refractivity contribution >= 4 is 60.4 Å². The summed E-state index contributed by atoms with van der Waals surface area (Å²) in [7, 11) is 0. The predicted molar refractivity (Wildman–Crippen MR) is 221 cm³/mol. The van der Waals surface area contributed by atoms with Gasteiger partial charge in [-0.1, -0.05) is 146 Å². The second kappa shape index (κ2) is 12.5. The molecule has 0 aliphatic rings. The molecule has 0 radical (unpaired) electrons. The predicted octanol–water partition coefficient (Wildman–Crippen LogP) is 13.9. The van der Waals surface area contributed by atoms with E-state index in [0.717, 1.165) is 22.7 Å². The molecule has 10 rings (SSSR count). The van der Waals surface area contributed by atoms with Gasteiger partial charge in [0.15, 0.2) is 0 Å². The van der Waals surface area contributed by atoms with Gasteiger partial charge in [0.05, 0.1) is 11.0 Å². The highest BCUT2D eigenvalue weighted by molar-refractivity contribution is 6.22. The molecule has 10 aromatic rings. The van der Waals surface area contributed by atoms with Crippen LogP contribution in [-0.2, 0) is 0 Å². The minimum atomic E-state index is 1.10. The lowest BCUT2D eigenvalue weighted by atomic mass is 9.98. The summed E-state index contributed by atoms with van der Waals surface area (Å²) in [5.74, 6) is 0. The molecule has 244 valence electrons. The van der Waals surface area contributed by atoms with E-state index >= 15 is 0 Å². The van der Waals surface area contributed by atoms with E-state index in [1.807, 2.05) is 0 Å². The van der Waals surface area contributed by atoms with Crippen molar-refractivity contribution < 1.29 is 0 Å². The van der Waals surface area contributed by atoms with Crippen molar-refractivity contribution in [2.45, 2.75) is 0 Å². The number of nitrogens with zero attached hydrogens (tertiary/aromatic N) is 2. The average molecular weight is 663 g/mol. The first-order chi connectivity index (χ1) is 25.8. The van der Waals surface area contributed by atoms with Crippen LogP contribution in [0.2, 0.25) is 0 Å². The third-order valence-corrected chi connectivity index (χ3v) is 10.3. The largest absolute Gasteiger partial charge is 0.310 e. The number of para-hydroxylation sites is 1.